The van der Waals surface area contributed by atoms with Crippen molar-refractivity contribution < 1.29 is 0 Å². The van der Waals surface area contributed by atoms with Crippen LogP contribution in [-0.4, -0.2) is 16.1 Å². The maximum Gasteiger partial charge on any atom is 0.0948 e. The highest BCUT2D eigenvalue weighted by Gasteiger charge is 2.09. The first kappa shape index (κ1) is 15.2. The predicted octanol–water partition coefficient (Wildman–Crippen LogP) is 3.60. The first-order valence-corrected chi connectivity index (χ1v) is 7.51. The van der Waals surface area contributed by atoms with Crippen LogP contribution in [0.2, 0.25) is 0 Å². The van der Waals surface area contributed by atoms with Gasteiger partial charge in [0.1, 0.15) is 0 Å². The third-order valence-electron chi connectivity index (χ3n) is 3.53. The summed E-state index contributed by atoms with van der Waals surface area (Å²) >= 11 is 0. The molecule has 1 N–H and O–H groups in total. The van der Waals surface area contributed by atoms with Gasteiger partial charge < -0.3 is 9.88 Å². The maximum absolute atomic E-state index is 4.29. The molecule has 0 saturated heterocycles. The van der Waals surface area contributed by atoms with Crippen molar-refractivity contribution >= 4 is 0 Å². The smallest absolute Gasteiger partial charge is 0.0948 e. The summed E-state index contributed by atoms with van der Waals surface area (Å²) in [6.07, 6.45) is 10.4. The monoisotopic (exact) mass is 251 g/mol. The molecule has 104 valence electrons. The van der Waals surface area contributed by atoms with Crippen molar-refractivity contribution in [1.82, 2.24) is 14.9 Å². The minimum absolute atomic E-state index is 0.795. The van der Waals surface area contributed by atoms with Gasteiger partial charge in [-0.1, -0.05) is 40.0 Å². The summed E-state index contributed by atoms with van der Waals surface area (Å²) in [5.41, 5.74) is 1.32. The van der Waals surface area contributed by atoms with E-state index >= 15 is 0 Å². The maximum atomic E-state index is 4.29. The van der Waals surface area contributed by atoms with Crippen molar-refractivity contribution in [3.05, 3.63) is 18.2 Å². The number of hydrogen-bond donors (Lipinski definition) is 1. The summed E-state index contributed by atoms with van der Waals surface area (Å²) in [7, 11) is 0. The predicted molar refractivity (Wildman–Crippen MR) is 77.5 cm³/mol. The Labute approximate surface area is 112 Å². The van der Waals surface area contributed by atoms with Gasteiger partial charge in [0, 0.05) is 19.3 Å². The average molecular weight is 251 g/mol. The molecule has 3 heteroatoms. The van der Waals surface area contributed by atoms with Crippen molar-refractivity contribution in [2.75, 3.05) is 6.54 Å². The van der Waals surface area contributed by atoms with Crippen LogP contribution in [0, 0.1) is 5.92 Å². The Morgan fingerprint density at radius 1 is 1.28 bits per heavy atom. The molecular formula is C15H29N3. The molecule has 0 radical (unpaired) electrons. The van der Waals surface area contributed by atoms with E-state index in [1.807, 2.05) is 12.5 Å². The third-order valence-corrected chi connectivity index (χ3v) is 3.53. The third kappa shape index (κ3) is 5.21. The van der Waals surface area contributed by atoms with Gasteiger partial charge in [0.25, 0.3) is 0 Å². The molecule has 1 aromatic heterocycles. The van der Waals surface area contributed by atoms with E-state index in [1.54, 1.807) is 0 Å². The van der Waals surface area contributed by atoms with Crippen LogP contribution in [0.5, 0.6) is 0 Å². The molecule has 0 aromatic carbocycles. The molecule has 0 aliphatic rings. The molecule has 0 aliphatic carbocycles. The highest BCUT2D eigenvalue weighted by atomic mass is 15.1. The fourth-order valence-corrected chi connectivity index (χ4v) is 2.25. The molecule has 1 unspecified atom stereocenters. The van der Waals surface area contributed by atoms with Crippen LogP contribution in [0.15, 0.2) is 12.5 Å². The van der Waals surface area contributed by atoms with E-state index in [-0.39, 0.29) is 0 Å². The topological polar surface area (TPSA) is 29.9 Å². The van der Waals surface area contributed by atoms with E-state index in [2.05, 4.69) is 35.6 Å². The van der Waals surface area contributed by atoms with E-state index in [0.717, 1.165) is 25.6 Å². The van der Waals surface area contributed by atoms with Crippen LogP contribution in [0.3, 0.4) is 0 Å². The number of nitrogens with one attached hydrogen (secondary N) is 1. The summed E-state index contributed by atoms with van der Waals surface area (Å²) in [6.45, 7) is 9.91. The average Bonchev–Trinajstić information content (AvgIpc) is 2.82. The Hall–Kier alpha value is -0.830. The second kappa shape index (κ2) is 9.15. The summed E-state index contributed by atoms with van der Waals surface area (Å²) in [5.74, 6) is 0.795. The Balaban J connectivity index is 2.46. The zero-order chi connectivity index (χ0) is 13.2. The van der Waals surface area contributed by atoms with Crippen molar-refractivity contribution in [2.45, 2.75) is 66.0 Å². The molecule has 1 atom stereocenters. The SMILES string of the molecule is CCCCC(CC)Cn1cncc1CNCCC. The molecule has 0 amide bonds. The number of imidazole rings is 1. The van der Waals surface area contributed by atoms with Crippen molar-refractivity contribution in [3.63, 3.8) is 0 Å². The first-order valence-electron chi connectivity index (χ1n) is 7.51. The number of rotatable bonds is 10. The van der Waals surface area contributed by atoms with Crippen LogP contribution in [0.4, 0.5) is 0 Å². The zero-order valence-corrected chi connectivity index (χ0v) is 12.3. The summed E-state index contributed by atoms with van der Waals surface area (Å²) in [4.78, 5) is 4.29. The number of unbranched alkanes of at least 4 members (excludes halogenated alkanes) is 1. The van der Waals surface area contributed by atoms with E-state index in [0.29, 0.717) is 0 Å². The molecule has 0 bridgehead atoms. The fraction of sp³-hybridized carbons (Fsp3) is 0.800. The van der Waals surface area contributed by atoms with E-state index < -0.39 is 0 Å². The van der Waals surface area contributed by atoms with Crippen LogP contribution in [-0.2, 0) is 13.1 Å². The largest absolute Gasteiger partial charge is 0.333 e. The molecule has 0 aliphatic heterocycles. The molecule has 1 rings (SSSR count). The van der Waals surface area contributed by atoms with Crippen LogP contribution in [0.1, 0.15) is 58.6 Å². The number of hydrogen-bond acceptors (Lipinski definition) is 2. The quantitative estimate of drug-likeness (QED) is 0.644. The Bertz CT molecular complexity index is 306. The molecule has 0 spiro atoms. The summed E-state index contributed by atoms with van der Waals surface area (Å²) < 4.78 is 2.33. The lowest BCUT2D eigenvalue weighted by atomic mass is 9.99. The lowest BCUT2D eigenvalue weighted by Gasteiger charge is -2.17. The van der Waals surface area contributed by atoms with E-state index in [4.69, 9.17) is 0 Å². The summed E-state index contributed by atoms with van der Waals surface area (Å²) in [6, 6.07) is 0. The molecule has 0 saturated carbocycles. The first-order chi connectivity index (χ1) is 8.81. The van der Waals surface area contributed by atoms with Crippen molar-refractivity contribution in [3.8, 4) is 0 Å². The van der Waals surface area contributed by atoms with Gasteiger partial charge in [-0.25, -0.2) is 4.98 Å². The molecule has 1 heterocycles. The van der Waals surface area contributed by atoms with Gasteiger partial charge in [0.15, 0.2) is 0 Å². The van der Waals surface area contributed by atoms with Crippen LogP contribution in [0.25, 0.3) is 0 Å². The van der Waals surface area contributed by atoms with Gasteiger partial charge >= 0.3 is 0 Å². The fourth-order valence-electron chi connectivity index (χ4n) is 2.25. The highest BCUT2D eigenvalue weighted by molar-refractivity contribution is 4.98. The van der Waals surface area contributed by atoms with Crippen LogP contribution < -0.4 is 5.32 Å². The molecule has 0 fully saturated rings. The number of aromatic nitrogens is 2. The van der Waals surface area contributed by atoms with Crippen molar-refractivity contribution in [2.24, 2.45) is 5.92 Å². The van der Waals surface area contributed by atoms with Crippen molar-refractivity contribution in [1.29, 1.82) is 0 Å². The van der Waals surface area contributed by atoms with Gasteiger partial charge in [-0.3, -0.25) is 0 Å². The molecule has 3 nitrogen and oxygen atoms in total. The Kier molecular flexibility index (Phi) is 7.74. The molecular weight excluding hydrogens is 222 g/mol. The molecule has 18 heavy (non-hydrogen) atoms. The van der Waals surface area contributed by atoms with E-state index in [1.165, 1.54) is 37.8 Å². The van der Waals surface area contributed by atoms with E-state index in [9.17, 15) is 0 Å². The minimum Gasteiger partial charge on any atom is -0.333 e. The zero-order valence-electron chi connectivity index (χ0n) is 12.3. The molecule has 1 aromatic rings. The lowest BCUT2D eigenvalue weighted by molar-refractivity contribution is 0.383. The van der Waals surface area contributed by atoms with Gasteiger partial charge in [0.2, 0.25) is 0 Å². The lowest BCUT2D eigenvalue weighted by Crippen LogP contribution is -2.18. The normalized spacial score (nSPS) is 12.8. The second-order valence-corrected chi connectivity index (χ2v) is 5.13. The minimum atomic E-state index is 0.795. The second-order valence-electron chi connectivity index (χ2n) is 5.13. The van der Waals surface area contributed by atoms with Gasteiger partial charge in [-0.15, -0.1) is 0 Å². The summed E-state index contributed by atoms with van der Waals surface area (Å²) in [5, 5.41) is 3.45. The Morgan fingerprint density at radius 3 is 2.78 bits per heavy atom. The van der Waals surface area contributed by atoms with Gasteiger partial charge in [0.05, 0.1) is 12.0 Å². The van der Waals surface area contributed by atoms with Crippen LogP contribution >= 0.6 is 0 Å². The van der Waals surface area contributed by atoms with Gasteiger partial charge in [-0.2, -0.15) is 0 Å². The number of nitrogens with zero attached hydrogens (tertiary/aromatic N) is 2. The Morgan fingerprint density at radius 2 is 2.11 bits per heavy atom. The van der Waals surface area contributed by atoms with Gasteiger partial charge in [-0.05, 0) is 25.3 Å². The standard InChI is InChI=1S/C15H29N3/c1-4-7-8-14(6-3)12-18-13-17-11-15(18)10-16-9-5-2/h11,13-14,16H,4-10,12H2,1-3H3. The highest BCUT2D eigenvalue weighted by Crippen LogP contribution is 2.16.